The number of carbonyl (C=O) groups excluding carboxylic acids is 2. The van der Waals surface area contributed by atoms with Crippen LogP contribution in [-0.4, -0.2) is 49.9 Å². The van der Waals surface area contributed by atoms with Crippen LogP contribution in [0.15, 0.2) is 0 Å². The van der Waals surface area contributed by atoms with E-state index in [0.717, 1.165) is 45.2 Å². The maximum absolute atomic E-state index is 12.1. The van der Waals surface area contributed by atoms with Crippen LogP contribution in [0.4, 0.5) is 0 Å². The highest BCUT2D eigenvalue weighted by atomic mass is 16.2. The molecule has 1 rings (SSSR count). The Hall–Kier alpha value is -1.10. The van der Waals surface area contributed by atoms with Gasteiger partial charge < -0.3 is 15.5 Å². The SMILES string of the molecule is CC(C)NC(=O)C1CCC(C(=O)NCCCN(C)C)CC1. The molecule has 0 bridgehead atoms. The molecule has 0 spiro atoms. The monoisotopic (exact) mass is 297 g/mol. The second-order valence-corrected chi connectivity index (χ2v) is 6.66. The molecule has 5 nitrogen and oxygen atoms in total. The molecule has 122 valence electrons. The van der Waals surface area contributed by atoms with Crippen LogP contribution in [0.1, 0.15) is 46.0 Å². The van der Waals surface area contributed by atoms with Crippen LogP contribution in [0, 0.1) is 11.8 Å². The Kier molecular flexibility index (Phi) is 7.72. The van der Waals surface area contributed by atoms with Crippen molar-refractivity contribution in [3.63, 3.8) is 0 Å². The van der Waals surface area contributed by atoms with Crippen molar-refractivity contribution in [1.82, 2.24) is 15.5 Å². The Morgan fingerprint density at radius 1 is 1.05 bits per heavy atom. The van der Waals surface area contributed by atoms with E-state index in [1.165, 1.54) is 0 Å². The number of carbonyl (C=O) groups is 2. The first-order valence-corrected chi connectivity index (χ1v) is 8.13. The lowest BCUT2D eigenvalue weighted by Crippen LogP contribution is -2.40. The van der Waals surface area contributed by atoms with Crippen molar-refractivity contribution >= 4 is 11.8 Å². The van der Waals surface area contributed by atoms with E-state index in [2.05, 4.69) is 15.5 Å². The summed E-state index contributed by atoms with van der Waals surface area (Å²) in [5, 5.41) is 5.98. The number of nitrogens with one attached hydrogen (secondary N) is 2. The van der Waals surface area contributed by atoms with Gasteiger partial charge in [0.2, 0.25) is 11.8 Å². The Labute approximate surface area is 128 Å². The first-order valence-electron chi connectivity index (χ1n) is 8.13. The van der Waals surface area contributed by atoms with E-state index in [9.17, 15) is 9.59 Å². The molecule has 0 saturated heterocycles. The minimum Gasteiger partial charge on any atom is -0.356 e. The summed E-state index contributed by atoms with van der Waals surface area (Å²) >= 11 is 0. The molecular weight excluding hydrogens is 266 g/mol. The molecule has 5 heteroatoms. The third-order valence-corrected chi connectivity index (χ3v) is 3.98. The summed E-state index contributed by atoms with van der Waals surface area (Å²) in [6, 6.07) is 0.190. The van der Waals surface area contributed by atoms with Crippen molar-refractivity contribution in [3.8, 4) is 0 Å². The molecule has 0 atom stereocenters. The van der Waals surface area contributed by atoms with E-state index < -0.39 is 0 Å². The highest BCUT2D eigenvalue weighted by Gasteiger charge is 2.29. The molecule has 21 heavy (non-hydrogen) atoms. The van der Waals surface area contributed by atoms with E-state index in [1.54, 1.807) is 0 Å². The average Bonchev–Trinajstić information content (AvgIpc) is 2.42. The van der Waals surface area contributed by atoms with Crippen LogP contribution in [-0.2, 0) is 9.59 Å². The lowest BCUT2D eigenvalue weighted by Gasteiger charge is -2.27. The van der Waals surface area contributed by atoms with Crippen molar-refractivity contribution in [1.29, 1.82) is 0 Å². The molecule has 2 N–H and O–H groups in total. The number of rotatable bonds is 7. The maximum Gasteiger partial charge on any atom is 0.223 e. The van der Waals surface area contributed by atoms with Gasteiger partial charge in [-0.15, -0.1) is 0 Å². The van der Waals surface area contributed by atoms with Gasteiger partial charge in [0.1, 0.15) is 0 Å². The molecule has 0 aromatic heterocycles. The van der Waals surface area contributed by atoms with E-state index in [-0.39, 0.29) is 29.7 Å². The number of amides is 2. The van der Waals surface area contributed by atoms with Gasteiger partial charge in [-0.1, -0.05) is 0 Å². The zero-order chi connectivity index (χ0) is 15.8. The molecule has 1 aliphatic rings. The predicted molar refractivity (Wildman–Crippen MR) is 84.9 cm³/mol. The Bertz CT molecular complexity index is 334. The molecule has 1 saturated carbocycles. The summed E-state index contributed by atoms with van der Waals surface area (Å²) in [5.41, 5.74) is 0. The highest BCUT2D eigenvalue weighted by molar-refractivity contribution is 5.81. The molecule has 2 amide bonds. The van der Waals surface area contributed by atoms with Gasteiger partial charge in [0.05, 0.1) is 0 Å². The number of nitrogens with zero attached hydrogens (tertiary/aromatic N) is 1. The van der Waals surface area contributed by atoms with Crippen molar-refractivity contribution in [2.45, 2.75) is 52.0 Å². The molecule has 0 unspecified atom stereocenters. The molecule has 1 fully saturated rings. The Balaban J connectivity index is 2.22. The van der Waals surface area contributed by atoms with Crippen LogP contribution < -0.4 is 10.6 Å². The van der Waals surface area contributed by atoms with E-state index in [4.69, 9.17) is 0 Å². The predicted octanol–water partition coefficient (Wildman–Crippen LogP) is 1.39. The van der Waals surface area contributed by atoms with Crippen molar-refractivity contribution < 1.29 is 9.59 Å². The zero-order valence-electron chi connectivity index (χ0n) is 13.9. The van der Waals surface area contributed by atoms with Crippen molar-refractivity contribution in [3.05, 3.63) is 0 Å². The number of hydrogen-bond donors (Lipinski definition) is 2. The first kappa shape index (κ1) is 18.0. The van der Waals surface area contributed by atoms with Crippen LogP contribution >= 0.6 is 0 Å². The summed E-state index contributed by atoms with van der Waals surface area (Å²) in [4.78, 5) is 26.1. The van der Waals surface area contributed by atoms with Gasteiger partial charge >= 0.3 is 0 Å². The molecule has 0 aliphatic heterocycles. The topological polar surface area (TPSA) is 61.4 Å². The summed E-state index contributed by atoms with van der Waals surface area (Å²) in [7, 11) is 4.07. The Morgan fingerprint density at radius 2 is 1.57 bits per heavy atom. The lowest BCUT2D eigenvalue weighted by atomic mass is 9.81. The molecule has 0 aromatic rings. The largest absolute Gasteiger partial charge is 0.356 e. The van der Waals surface area contributed by atoms with Crippen LogP contribution in [0.25, 0.3) is 0 Å². The average molecular weight is 297 g/mol. The molecule has 1 aliphatic carbocycles. The zero-order valence-corrected chi connectivity index (χ0v) is 13.9. The minimum absolute atomic E-state index is 0.0881. The van der Waals surface area contributed by atoms with Crippen LogP contribution in [0.3, 0.4) is 0 Å². The second kappa shape index (κ2) is 9.03. The summed E-state index contributed by atoms with van der Waals surface area (Å²) in [5.74, 6) is 0.490. The van der Waals surface area contributed by atoms with Gasteiger partial charge in [-0.3, -0.25) is 9.59 Å². The van der Waals surface area contributed by atoms with Crippen LogP contribution in [0.5, 0.6) is 0 Å². The summed E-state index contributed by atoms with van der Waals surface area (Å²) < 4.78 is 0. The third-order valence-electron chi connectivity index (χ3n) is 3.98. The third kappa shape index (κ3) is 6.93. The second-order valence-electron chi connectivity index (χ2n) is 6.66. The molecule has 0 radical (unpaired) electrons. The fourth-order valence-corrected chi connectivity index (χ4v) is 2.77. The van der Waals surface area contributed by atoms with Crippen molar-refractivity contribution in [2.75, 3.05) is 27.2 Å². The fourth-order valence-electron chi connectivity index (χ4n) is 2.77. The minimum atomic E-state index is 0.0881. The van der Waals surface area contributed by atoms with Crippen LogP contribution in [0.2, 0.25) is 0 Å². The number of hydrogen-bond acceptors (Lipinski definition) is 3. The lowest BCUT2D eigenvalue weighted by molar-refractivity contribution is -0.130. The van der Waals surface area contributed by atoms with Gasteiger partial charge in [0, 0.05) is 24.4 Å². The van der Waals surface area contributed by atoms with Gasteiger partial charge in [0.25, 0.3) is 0 Å². The molecular formula is C16H31N3O2. The van der Waals surface area contributed by atoms with Gasteiger partial charge in [-0.05, 0) is 66.6 Å². The van der Waals surface area contributed by atoms with Gasteiger partial charge in [-0.25, -0.2) is 0 Å². The molecule has 0 heterocycles. The quantitative estimate of drug-likeness (QED) is 0.698. The summed E-state index contributed by atoms with van der Waals surface area (Å²) in [6.45, 7) is 5.68. The maximum atomic E-state index is 12.1. The Morgan fingerprint density at radius 3 is 2.05 bits per heavy atom. The highest BCUT2D eigenvalue weighted by Crippen LogP contribution is 2.29. The standard InChI is InChI=1S/C16H31N3O2/c1-12(2)18-16(21)14-8-6-13(7-9-14)15(20)17-10-5-11-19(3)4/h12-14H,5-11H2,1-4H3,(H,17,20)(H,18,21). The van der Waals surface area contributed by atoms with E-state index in [1.807, 2.05) is 27.9 Å². The van der Waals surface area contributed by atoms with E-state index in [0.29, 0.717) is 0 Å². The fraction of sp³-hybridized carbons (Fsp3) is 0.875. The molecule has 0 aromatic carbocycles. The smallest absolute Gasteiger partial charge is 0.223 e. The van der Waals surface area contributed by atoms with Crippen molar-refractivity contribution in [2.24, 2.45) is 11.8 Å². The van der Waals surface area contributed by atoms with Gasteiger partial charge in [-0.2, -0.15) is 0 Å². The summed E-state index contributed by atoms with van der Waals surface area (Å²) in [6.07, 6.45) is 4.29. The van der Waals surface area contributed by atoms with Gasteiger partial charge in [0.15, 0.2) is 0 Å². The normalized spacial score (nSPS) is 22.4. The van der Waals surface area contributed by atoms with E-state index >= 15 is 0 Å². The first-order chi connectivity index (χ1) is 9.90.